The van der Waals surface area contributed by atoms with Crippen molar-refractivity contribution >= 4 is 23.9 Å². The largest absolute Gasteiger partial charge is 0.478 e. The smallest absolute Gasteiger partial charge is 0.330 e. The maximum absolute atomic E-state index is 10.2. The van der Waals surface area contributed by atoms with E-state index in [0.717, 1.165) is 31.8 Å². The minimum atomic E-state index is -0.981. The van der Waals surface area contributed by atoms with Crippen LogP contribution in [0.3, 0.4) is 0 Å². The molecule has 0 aliphatic carbocycles. The maximum atomic E-state index is 10.2. The Balaban J connectivity index is -0.000000169. The lowest BCUT2D eigenvalue weighted by Gasteiger charge is -1.97. The van der Waals surface area contributed by atoms with Crippen molar-refractivity contribution in [2.45, 2.75) is 74.1 Å². The second-order valence-corrected chi connectivity index (χ2v) is 6.98. The zero-order chi connectivity index (χ0) is 26.3. The molecule has 0 unspecified atom stereocenters. The van der Waals surface area contributed by atoms with Gasteiger partial charge < -0.3 is 20.4 Å². The minimum absolute atomic E-state index is 0.389. The molecule has 0 aliphatic rings. The average molecular weight is 457 g/mol. The molecule has 0 bridgehead atoms. The summed E-state index contributed by atoms with van der Waals surface area (Å²) in [5.74, 6) is -2.92. The first-order valence-corrected chi connectivity index (χ1v) is 10.2. The number of carbonyl (C=O) groups is 4. The quantitative estimate of drug-likeness (QED) is 0.260. The van der Waals surface area contributed by atoms with Gasteiger partial charge in [0.2, 0.25) is 0 Å². The number of unbranched alkanes of at least 4 members (excludes halogenated alkanes) is 2. The van der Waals surface area contributed by atoms with E-state index in [9.17, 15) is 19.2 Å². The van der Waals surface area contributed by atoms with Crippen molar-refractivity contribution in [1.82, 2.24) is 0 Å². The van der Waals surface area contributed by atoms with Crippen LogP contribution in [0, 0.1) is 5.92 Å². The summed E-state index contributed by atoms with van der Waals surface area (Å²) < 4.78 is 0. The molecule has 8 nitrogen and oxygen atoms in total. The molecule has 0 rings (SSSR count). The first kappa shape index (κ1) is 36.2. The summed E-state index contributed by atoms with van der Waals surface area (Å²) in [4.78, 5) is 39.6. The van der Waals surface area contributed by atoms with Crippen LogP contribution >= 0.6 is 0 Å². The summed E-state index contributed by atoms with van der Waals surface area (Å²) in [6.07, 6.45) is 9.84. The molecule has 0 fully saturated rings. The lowest BCUT2D eigenvalue weighted by molar-refractivity contribution is -0.133. The summed E-state index contributed by atoms with van der Waals surface area (Å²) in [6, 6.07) is 0. The summed E-state index contributed by atoms with van der Waals surface area (Å²) in [5, 5.41) is 32.6. The molecule has 0 aromatic carbocycles. The molecule has 0 aromatic heterocycles. The summed E-state index contributed by atoms with van der Waals surface area (Å²) in [7, 11) is 0. The van der Waals surface area contributed by atoms with E-state index >= 15 is 0 Å². The van der Waals surface area contributed by atoms with E-state index in [-0.39, 0.29) is 0 Å². The van der Waals surface area contributed by atoms with Gasteiger partial charge in [0.15, 0.2) is 0 Å². The van der Waals surface area contributed by atoms with E-state index in [1.54, 1.807) is 45.9 Å². The third-order valence-corrected chi connectivity index (χ3v) is 3.52. The van der Waals surface area contributed by atoms with Crippen molar-refractivity contribution in [3.8, 4) is 0 Å². The molecule has 0 saturated heterocycles. The van der Waals surface area contributed by atoms with E-state index < -0.39 is 23.9 Å². The Labute approximate surface area is 191 Å². The van der Waals surface area contributed by atoms with Gasteiger partial charge in [0.05, 0.1) is 0 Å². The van der Waals surface area contributed by atoms with Crippen molar-refractivity contribution in [2.24, 2.45) is 5.92 Å². The van der Waals surface area contributed by atoms with Gasteiger partial charge >= 0.3 is 23.9 Å². The molecule has 0 heterocycles. The molecular weight excluding hydrogens is 416 g/mol. The first-order chi connectivity index (χ1) is 14.7. The van der Waals surface area contributed by atoms with Crippen LogP contribution in [0.5, 0.6) is 0 Å². The van der Waals surface area contributed by atoms with Gasteiger partial charge in [-0.3, -0.25) is 0 Å². The highest BCUT2D eigenvalue weighted by atomic mass is 16.4. The fourth-order valence-electron chi connectivity index (χ4n) is 1.23. The van der Waals surface area contributed by atoms with Crippen molar-refractivity contribution in [3.05, 3.63) is 47.6 Å². The Morgan fingerprint density at radius 3 is 1.41 bits per heavy atom. The third-order valence-electron chi connectivity index (χ3n) is 3.52. The van der Waals surface area contributed by atoms with Crippen LogP contribution in [-0.4, -0.2) is 44.3 Å². The normalized spacial score (nSPS) is 10.9. The highest BCUT2D eigenvalue weighted by molar-refractivity contribution is 5.86. The SMILES string of the molecule is C=CC(=O)O.CC(=CCC(C)C)C(=O)O.CC=C(C)C(=O)O.CCCCC=C(C)C(=O)O. The molecule has 0 amide bonds. The fourth-order valence-corrected chi connectivity index (χ4v) is 1.23. The molecule has 0 saturated carbocycles. The molecule has 4 N–H and O–H groups in total. The van der Waals surface area contributed by atoms with E-state index in [1.165, 1.54) is 0 Å². The number of aliphatic carboxylic acids is 4. The lowest BCUT2D eigenvalue weighted by Crippen LogP contribution is -1.96. The van der Waals surface area contributed by atoms with Gasteiger partial charge in [-0.25, -0.2) is 19.2 Å². The Morgan fingerprint density at radius 1 is 0.812 bits per heavy atom. The highest BCUT2D eigenvalue weighted by Gasteiger charge is 1.98. The topological polar surface area (TPSA) is 149 Å². The second kappa shape index (κ2) is 24.1. The number of allylic oxidation sites excluding steroid dienone is 3. The van der Waals surface area contributed by atoms with Gasteiger partial charge in [0.25, 0.3) is 0 Å². The Morgan fingerprint density at radius 2 is 1.19 bits per heavy atom. The summed E-state index contributed by atoms with van der Waals surface area (Å²) >= 11 is 0. The molecular formula is C24H40O8. The molecule has 8 heteroatoms. The summed E-state index contributed by atoms with van der Waals surface area (Å²) in [6.45, 7) is 15.7. The van der Waals surface area contributed by atoms with Crippen LogP contribution < -0.4 is 0 Å². The molecule has 0 aliphatic heterocycles. The zero-order valence-corrected chi connectivity index (χ0v) is 20.3. The van der Waals surface area contributed by atoms with Gasteiger partial charge in [-0.05, 0) is 46.5 Å². The Hall–Kier alpha value is -3.16. The highest BCUT2D eigenvalue weighted by Crippen LogP contribution is 2.03. The van der Waals surface area contributed by atoms with Crippen molar-refractivity contribution in [3.63, 3.8) is 0 Å². The van der Waals surface area contributed by atoms with Crippen LogP contribution in [0.15, 0.2) is 47.6 Å². The second-order valence-electron chi connectivity index (χ2n) is 6.98. The van der Waals surface area contributed by atoms with E-state index in [2.05, 4.69) is 27.4 Å². The molecule has 32 heavy (non-hydrogen) atoms. The van der Waals surface area contributed by atoms with Crippen LogP contribution in [0.1, 0.15) is 74.1 Å². The number of carboxylic acids is 4. The Kier molecular flexibility index (Phi) is 27.3. The van der Waals surface area contributed by atoms with E-state index in [1.807, 2.05) is 0 Å². The number of hydrogen-bond donors (Lipinski definition) is 4. The summed E-state index contributed by atoms with van der Waals surface area (Å²) in [5.41, 5.74) is 1.28. The van der Waals surface area contributed by atoms with Gasteiger partial charge in [-0.15, -0.1) is 0 Å². The van der Waals surface area contributed by atoms with Gasteiger partial charge in [0, 0.05) is 22.8 Å². The number of carboxylic acid groups (broad SMARTS) is 4. The predicted octanol–water partition coefficient (Wildman–Crippen LogP) is 5.57. The monoisotopic (exact) mass is 456 g/mol. The average Bonchev–Trinajstić information content (AvgIpc) is 2.72. The van der Waals surface area contributed by atoms with E-state index in [4.69, 9.17) is 20.4 Å². The standard InChI is InChI=1S/2C8H14O2.C5H8O2.C3H4O2/c1-6(2)4-5-7(3)8(9)10;1-3-4-5-6-7(2)8(9)10;1-3-4(2)5(6)7;1-2-3(4)5/h5-6H,4H2,1-3H3,(H,9,10);6H,3-5H2,1-2H3,(H,9,10);3H,1-2H3,(H,6,7);2H,1H2,(H,4,5). The van der Waals surface area contributed by atoms with E-state index in [0.29, 0.717) is 22.6 Å². The molecule has 0 spiro atoms. The predicted molar refractivity (Wildman–Crippen MR) is 127 cm³/mol. The maximum Gasteiger partial charge on any atom is 0.330 e. The molecule has 0 aromatic rings. The third kappa shape index (κ3) is 34.4. The van der Waals surface area contributed by atoms with Crippen molar-refractivity contribution in [2.75, 3.05) is 0 Å². The zero-order valence-electron chi connectivity index (χ0n) is 20.3. The van der Waals surface area contributed by atoms with Crippen LogP contribution in [0.2, 0.25) is 0 Å². The Bertz CT molecular complexity index is 667. The van der Waals surface area contributed by atoms with Crippen LogP contribution in [0.25, 0.3) is 0 Å². The lowest BCUT2D eigenvalue weighted by atomic mass is 10.1. The number of hydrogen-bond acceptors (Lipinski definition) is 4. The fraction of sp³-hybridized carbons (Fsp3) is 0.500. The molecule has 0 atom stereocenters. The molecule has 0 radical (unpaired) electrons. The first-order valence-electron chi connectivity index (χ1n) is 10.2. The van der Waals surface area contributed by atoms with Crippen molar-refractivity contribution < 1.29 is 39.6 Å². The van der Waals surface area contributed by atoms with Gasteiger partial charge in [0.1, 0.15) is 0 Å². The molecule has 184 valence electrons. The number of rotatable bonds is 9. The van der Waals surface area contributed by atoms with Gasteiger partial charge in [-0.1, -0.05) is 58.4 Å². The van der Waals surface area contributed by atoms with Crippen molar-refractivity contribution in [1.29, 1.82) is 0 Å². The van der Waals surface area contributed by atoms with Gasteiger partial charge in [-0.2, -0.15) is 0 Å². The van der Waals surface area contributed by atoms with Crippen LogP contribution in [0.4, 0.5) is 0 Å². The minimum Gasteiger partial charge on any atom is -0.478 e. The van der Waals surface area contributed by atoms with Crippen LogP contribution in [-0.2, 0) is 19.2 Å².